The van der Waals surface area contributed by atoms with Crippen LogP contribution < -0.4 is 5.73 Å². The van der Waals surface area contributed by atoms with Gasteiger partial charge in [0.25, 0.3) is 0 Å². The molecule has 0 spiro atoms. The molecule has 1 aromatic rings. The van der Waals surface area contributed by atoms with Gasteiger partial charge in [-0.1, -0.05) is 12.1 Å². The molecule has 0 radical (unpaired) electrons. The van der Waals surface area contributed by atoms with Crippen molar-refractivity contribution in [3.8, 4) is 0 Å². The van der Waals surface area contributed by atoms with Gasteiger partial charge in [-0.15, -0.1) is 0 Å². The van der Waals surface area contributed by atoms with Gasteiger partial charge >= 0.3 is 0 Å². The summed E-state index contributed by atoms with van der Waals surface area (Å²) in [6.07, 6.45) is 0. The number of quaternary nitrogens is 1. The Balaban J connectivity index is 3.08. The third-order valence-corrected chi connectivity index (χ3v) is 1.08. The van der Waals surface area contributed by atoms with Crippen molar-refractivity contribution in [1.82, 2.24) is 0 Å². The standard InChI is InChI=1S/C7H9N/c1-6-3-2-4-7(8)5-6/h2-5H,8H2,1H3/p+1. The van der Waals surface area contributed by atoms with E-state index in [4.69, 9.17) is 0 Å². The van der Waals surface area contributed by atoms with Crippen LogP contribution in [0.25, 0.3) is 0 Å². The van der Waals surface area contributed by atoms with E-state index in [9.17, 15) is 0 Å². The summed E-state index contributed by atoms with van der Waals surface area (Å²) < 4.78 is 0. The molecule has 1 nitrogen and oxygen atoms in total. The first kappa shape index (κ1) is 5.32. The number of aryl methyl sites for hydroxylation is 1. The van der Waals surface area contributed by atoms with Crippen LogP contribution in [0, 0.1) is 6.92 Å². The molecule has 1 aromatic carbocycles. The molecule has 0 amide bonds. The lowest BCUT2D eigenvalue weighted by Gasteiger charge is -1.87. The van der Waals surface area contributed by atoms with Crippen LogP contribution in [0.3, 0.4) is 0 Å². The second-order valence-electron chi connectivity index (χ2n) is 1.99. The molecule has 0 bridgehead atoms. The summed E-state index contributed by atoms with van der Waals surface area (Å²) in [5, 5.41) is 0. The summed E-state index contributed by atoms with van der Waals surface area (Å²) in [6, 6.07) is 8.12. The van der Waals surface area contributed by atoms with Gasteiger partial charge in [0, 0.05) is 6.07 Å². The lowest BCUT2D eigenvalue weighted by Crippen LogP contribution is -2.39. The Morgan fingerprint density at radius 1 is 1.38 bits per heavy atom. The van der Waals surface area contributed by atoms with E-state index in [-0.39, 0.29) is 0 Å². The molecule has 0 saturated carbocycles. The van der Waals surface area contributed by atoms with Gasteiger partial charge < -0.3 is 5.73 Å². The van der Waals surface area contributed by atoms with E-state index in [1.165, 1.54) is 5.56 Å². The molecule has 0 aromatic heterocycles. The van der Waals surface area contributed by atoms with Crippen LogP contribution in [-0.4, -0.2) is 0 Å². The number of benzene rings is 1. The zero-order chi connectivity index (χ0) is 5.98. The lowest BCUT2D eigenvalue weighted by atomic mass is 10.2. The summed E-state index contributed by atoms with van der Waals surface area (Å²) in [4.78, 5) is 0. The number of hydrogen-bond donors (Lipinski definition) is 1. The molecule has 3 N–H and O–H groups in total. The smallest absolute Gasteiger partial charge is 0.128 e. The van der Waals surface area contributed by atoms with Crippen LogP contribution in [0.4, 0.5) is 5.69 Å². The van der Waals surface area contributed by atoms with E-state index in [1.54, 1.807) is 0 Å². The highest BCUT2D eigenvalue weighted by molar-refractivity contribution is 5.31. The molecule has 0 fully saturated rings. The normalized spacial score (nSPS) is 9.25. The van der Waals surface area contributed by atoms with Crippen molar-refractivity contribution in [3.63, 3.8) is 0 Å². The van der Waals surface area contributed by atoms with Crippen molar-refractivity contribution in [1.29, 1.82) is 0 Å². The minimum Gasteiger partial charge on any atom is -0.325 e. The summed E-state index contributed by atoms with van der Waals surface area (Å²) in [7, 11) is 0. The van der Waals surface area contributed by atoms with Crippen molar-refractivity contribution in [2.45, 2.75) is 6.92 Å². The molecule has 0 aliphatic rings. The van der Waals surface area contributed by atoms with Crippen LogP contribution in [0.2, 0.25) is 0 Å². The maximum atomic E-state index is 3.78. The van der Waals surface area contributed by atoms with E-state index in [2.05, 4.69) is 24.8 Å². The van der Waals surface area contributed by atoms with Gasteiger partial charge in [0.1, 0.15) is 5.69 Å². The molecule has 0 saturated heterocycles. The molecule has 42 valence electrons. The van der Waals surface area contributed by atoms with Gasteiger partial charge in [-0.2, -0.15) is 0 Å². The molecule has 1 heteroatoms. The first-order valence-corrected chi connectivity index (χ1v) is 2.67. The molecule has 0 aliphatic heterocycles. The van der Waals surface area contributed by atoms with Gasteiger partial charge in [-0.05, 0) is 18.6 Å². The Morgan fingerprint density at radius 2 is 2.12 bits per heavy atom. The minimum absolute atomic E-state index is 1.09. The third kappa shape index (κ3) is 1.07. The number of hydrogen-bond acceptors (Lipinski definition) is 0. The highest BCUT2D eigenvalue weighted by Gasteiger charge is 1.84. The zero-order valence-corrected chi connectivity index (χ0v) is 5.02. The second-order valence-corrected chi connectivity index (χ2v) is 1.99. The Morgan fingerprint density at radius 3 is 2.50 bits per heavy atom. The molecular weight excluding hydrogens is 98.1 g/mol. The molecule has 0 heterocycles. The Labute approximate surface area is 49.1 Å². The highest BCUT2D eigenvalue weighted by atomic mass is 14.5. The van der Waals surface area contributed by atoms with Gasteiger partial charge in [-0.3, -0.25) is 0 Å². The molecule has 1 rings (SSSR count). The average molecular weight is 108 g/mol. The summed E-state index contributed by atoms with van der Waals surface area (Å²) >= 11 is 0. The van der Waals surface area contributed by atoms with Crippen LogP contribution >= 0.6 is 0 Å². The van der Waals surface area contributed by atoms with Gasteiger partial charge in [0.05, 0.1) is 0 Å². The second kappa shape index (κ2) is 1.97. The molecule has 0 unspecified atom stereocenters. The maximum Gasteiger partial charge on any atom is 0.128 e. The first-order chi connectivity index (χ1) is 3.79. The molecule has 0 atom stereocenters. The fourth-order valence-electron chi connectivity index (χ4n) is 0.712. The Bertz CT molecular complexity index is 164. The Hall–Kier alpha value is -0.820. The van der Waals surface area contributed by atoms with Crippen molar-refractivity contribution in [2.24, 2.45) is 0 Å². The topological polar surface area (TPSA) is 27.6 Å². The van der Waals surface area contributed by atoms with E-state index in [0.29, 0.717) is 0 Å². The van der Waals surface area contributed by atoms with Crippen LogP contribution in [0.15, 0.2) is 24.3 Å². The van der Waals surface area contributed by atoms with E-state index in [0.717, 1.165) is 5.69 Å². The van der Waals surface area contributed by atoms with E-state index >= 15 is 0 Å². The third-order valence-electron chi connectivity index (χ3n) is 1.08. The SMILES string of the molecule is Cc1cccc([NH3+])c1. The molecule has 8 heavy (non-hydrogen) atoms. The maximum absolute atomic E-state index is 3.78. The first-order valence-electron chi connectivity index (χ1n) is 2.67. The van der Waals surface area contributed by atoms with Gasteiger partial charge in [0.15, 0.2) is 0 Å². The fourth-order valence-corrected chi connectivity index (χ4v) is 0.712. The Kier molecular flexibility index (Phi) is 1.31. The summed E-state index contributed by atoms with van der Waals surface area (Å²) in [6.45, 7) is 2.06. The van der Waals surface area contributed by atoms with Crippen LogP contribution in [0.5, 0.6) is 0 Å². The van der Waals surface area contributed by atoms with Gasteiger partial charge in [-0.25, -0.2) is 0 Å². The number of rotatable bonds is 0. The van der Waals surface area contributed by atoms with E-state index < -0.39 is 0 Å². The van der Waals surface area contributed by atoms with Gasteiger partial charge in [0.2, 0.25) is 0 Å². The predicted octanol–water partition coefficient (Wildman–Crippen LogP) is 0.868. The molecular formula is C7H10N+. The monoisotopic (exact) mass is 108 g/mol. The van der Waals surface area contributed by atoms with Crippen LogP contribution in [-0.2, 0) is 0 Å². The lowest BCUT2D eigenvalue weighted by molar-refractivity contribution is -0.254. The quantitative estimate of drug-likeness (QED) is 0.510. The van der Waals surface area contributed by atoms with Crippen molar-refractivity contribution in [3.05, 3.63) is 29.8 Å². The largest absolute Gasteiger partial charge is 0.325 e. The minimum atomic E-state index is 1.09. The highest BCUT2D eigenvalue weighted by Crippen LogP contribution is 2.01. The summed E-state index contributed by atoms with van der Waals surface area (Å²) in [5.74, 6) is 0. The average Bonchev–Trinajstić information content (AvgIpc) is 1.64. The van der Waals surface area contributed by atoms with Crippen molar-refractivity contribution >= 4 is 5.69 Å². The van der Waals surface area contributed by atoms with Crippen molar-refractivity contribution < 1.29 is 5.73 Å². The zero-order valence-electron chi connectivity index (χ0n) is 5.02. The van der Waals surface area contributed by atoms with Crippen LogP contribution in [0.1, 0.15) is 5.56 Å². The fraction of sp³-hybridized carbons (Fsp3) is 0.143. The summed E-state index contributed by atoms with van der Waals surface area (Å²) in [5.41, 5.74) is 6.14. The molecule has 0 aliphatic carbocycles. The van der Waals surface area contributed by atoms with E-state index in [1.807, 2.05) is 12.1 Å². The predicted molar refractivity (Wildman–Crippen MR) is 33.7 cm³/mol. The van der Waals surface area contributed by atoms with Crippen molar-refractivity contribution in [2.75, 3.05) is 0 Å².